The minimum Gasteiger partial charge on any atom is -0.326 e. The van der Waals surface area contributed by atoms with Crippen molar-refractivity contribution in [2.45, 2.75) is 39.5 Å². The van der Waals surface area contributed by atoms with Crippen molar-refractivity contribution in [1.29, 1.82) is 0 Å². The molecule has 0 saturated heterocycles. The number of para-hydroxylation sites is 1. The number of anilines is 1. The van der Waals surface area contributed by atoms with E-state index in [1.165, 1.54) is 5.56 Å². The third-order valence-electron chi connectivity index (χ3n) is 3.46. The first-order valence-electron chi connectivity index (χ1n) is 7.31. The Morgan fingerprint density at radius 2 is 1.76 bits per heavy atom. The first-order chi connectivity index (χ1) is 9.86. The van der Waals surface area contributed by atoms with E-state index in [-0.39, 0.29) is 11.3 Å². The highest BCUT2D eigenvalue weighted by molar-refractivity contribution is 5.93. The van der Waals surface area contributed by atoms with Crippen molar-refractivity contribution < 1.29 is 4.79 Å². The van der Waals surface area contributed by atoms with Gasteiger partial charge in [0.05, 0.1) is 6.42 Å². The van der Waals surface area contributed by atoms with Crippen LogP contribution in [0.3, 0.4) is 0 Å². The summed E-state index contributed by atoms with van der Waals surface area (Å²) in [5.74, 6) is 0.0253. The summed E-state index contributed by atoms with van der Waals surface area (Å²) in [4.78, 5) is 12.3. The zero-order valence-electron chi connectivity index (χ0n) is 13.2. The monoisotopic (exact) mass is 281 g/mol. The van der Waals surface area contributed by atoms with Crippen LogP contribution in [-0.2, 0) is 16.6 Å². The molecule has 0 aliphatic rings. The summed E-state index contributed by atoms with van der Waals surface area (Å²) >= 11 is 0. The fraction of sp³-hybridized carbons (Fsp3) is 0.316. The molecule has 2 rings (SSSR count). The maximum Gasteiger partial charge on any atom is 0.228 e. The lowest BCUT2D eigenvalue weighted by atomic mass is 9.86. The fourth-order valence-electron chi connectivity index (χ4n) is 2.45. The average Bonchev–Trinajstić information content (AvgIpc) is 2.37. The number of nitrogens with one attached hydrogen (secondary N) is 1. The van der Waals surface area contributed by atoms with Gasteiger partial charge in [-0.25, -0.2) is 0 Å². The van der Waals surface area contributed by atoms with Gasteiger partial charge in [0.25, 0.3) is 0 Å². The topological polar surface area (TPSA) is 29.1 Å². The predicted octanol–water partition coefficient (Wildman–Crippen LogP) is 4.47. The van der Waals surface area contributed by atoms with Crippen LogP contribution in [0.4, 0.5) is 5.69 Å². The molecule has 2 heteroatoms. The molecular formula is C19H23NO. The standard InChI is InChI=1S/C19H23NO/c1-14-8-7-9-15(12-14)13-18(21)20-17-11-6-5-10-16(17)19(2,3)4/h5-12H,13H2,1-4H3,(H,20,21). The molecule has 0 heterocycles. The summed E-state index contributed by atoms with van der Waals surface area (Å²) in [6.45, 7) is 8.49. The second kappa shape index (κ2) is 6.13. The molecule has 0 aromatic heterocycles. The minimum absolute atomic E-state index is 0.00715. The van der Waals surface area contributed by atoms with E-state index in [9.17, 15) is 4.79 Å². The van der Waals surface area contributed by atoms with Gasteiger partial charge in [0.15, 0.2) is 0 Å². The summed E-state index contributed by atoms with van der Waals surface area (Å²) in [6, 6.07) is 16.1. The lowest BCUT2D eigenvalue weighted by molar-refractivity contribution is -0.115. The molecule has 0 aliphatic carbocycles. The molecule has 1 amide bonds. The smallest absolute Gasteiger partial charge is 0.228 e. The Balaban J connectivity index is 2.14. The molecule has 110 valence electrons. The highest BCUT2D eigenvalue weighted by Crippen LogP contribution is 2.29. The van der Waals surface area contributed by atoms with E-state index in [4.69, 9.17) is 0 Å². The van der Waals surface area contributed by atoms with Crippen molar-refractivity contribution in [2.24, 2.45) is 0 Å². The predicted molar refractivity (Wildman–Crippen MR) is 88.7 cm³/mol. The first-order valence-corrected chi connectivity index (χ1v) is 7.31. The molecule has 0 bridgehead atoms. The third-order valence-corrected chi connectivity index (χ3v) is 3.46. The highest BCUT2D eigenvalue weighted by Gasteiger charge is 2.18. The number of hydrogen-bond acceptors (Lipinski definition) is 1. The molecule has 2 aromatic carbocycles. The van der Waals surface area contributed by atoms with E-state index in [1.807, 2.05) is 43.3 Å². The van der Waals surface area contributed by atoms with Gasteiger partial charge in [-0.15, -0.1) is 0 Å². The normalized spacial score (nSPS) is 11.2. The van der Waals surface area contributed by atoms with Crippen molar-refractivity contribution in [2.75, 3.05) is 5.32 Å². The van der Waals surface area contributed by atoms with Crippen LogP contribution in [0.15, 0.2) is 48.5 Å². The number of carbonyl (C=O) groups is 1. The number of aryl methyl sites for hydroxylation is 1. The van der Waals surface area contributed by atoms with Gasteiger partial charge < -0.3 is 5.32 Å². The van der Waals surface area contributed by atoms with Crippen molar-refractivity contribution >= 4 is 11.6 Å². The lowest BCUT2D eigenvalue weighted by Crippen LogP contribution is -2.19. The molecule has 0 unspecified atom stereocenters. The van der Waals surface area contributed by atoms with Gasteiger partial charge in [-0.05, 0) is 29.5 Å². The van der Waals surface area contributed by atoms with Crippen molar-refractivity contribution in [3.8, 4) is 0 Å². The second-order valence-electron chi connectivity index (χ2n) is 6.51. The maximum atomic E-state index is 12.3. The molecular weight excluding hydrogens is 258 g/mol. The van der Waals surface area contributed by atoms with Crippen molar-refractivity contribution in [3.05, 3.63) is 65.2 Å². The molecule has 1 N–H and O–H groups in total. The molecule has 0 atom stereocenters. The van der Waals surface area contributed by atoms with E-state index in [1.54, 1.807) is 0 Å². The van der Waals surface area contributed by atoms with E-state index in [0.29, 0.717) is 6.42 Å². The molecule has 0 spiro atoms. The van der Waals surface area contributed by atoms with Gasteiger partial charge >= 0.3 is 0 Å². The number of carbonyl (C=O) groups excluding carboxylic acids is 1. The van der Waals surface area contributed by atoms with E-state index >= 15 is 0 Å². The van der Waals surface area contributed by atoms with Crippen LogP contribution < -0.4 is 5.32 Å². The Hall–Kier alpha value is -2.09. The van der Waals surface area contributed by atoms with Crippen molar-refractivity contribution in [3.63, 3.8) is 0 Å². The second-order valence-corrected chi connectivity index (χ2v) is 6.51. The summed E-state index contributed by atoms with van der Waals surface area (Å²) in [5.41, 5.74) is 4.29. The van der Waals surface area contributed by atoms with Gasteiger partial charge in [-0.3, -0.25) is 4.79 Å². The zero-order valence-corrected chi connectivity index (χ0v) is 13.2. The van der Waals surface area contributed by atoms with Gasteiger partial charge in [-0.1, -0.05) is 68.8 Å². The van der Waals surface area contributed by atoms with Crippen LogP contribution in [0.1, 0.15) is 37.5 Å². The minimum atomic E-state index is 0.00715. The van der Waals surface area contributed by atoms with Crippen LogP contribution in [0.5, 0.6) is 0 Å². The van der Waals surface area contributed by atoms with Crippen LogP contribution in [0.25, 0.3) is 0 Å². The zero-order chi connectivity index (χ0) is 15.5. The highest BCUT2D eigenvalue weighted by atomic mass is 16.1. The van der Waals surface area contributed by atoms with Gasteiger partial charge in [-0.2, -0.15) is 0 Å². The number of rotatable bonds is 3. The molecule has 0 aliphatic heterocycles. The van der Waals surface area contributed by atoms with Gasteiger partial charge in [0, 0.05) is 5.69 Å². The molecule has 0 saturated carbocycles. The van der Waals surface area contributed by atoms with E-state index < -0.39 is 0 Å². The maximum absolute atomic E-state index is 12.3. The number of amides is 1. The Morgan fingerprint density at radius 1 is 1.05 bits per heavy atom. The van der Waals surface area contributed by atoms with E-state index in [2.05, 4.69) is 38.2 Å². The Labute approximate surface area is 127 Å². The van der Waals surface area contributed by atoms with E-state index in [0.717, 1.165) is 16.8 Å². The lowest BCUT2D eigenvalue weighted by Gasteiger charge is -2.23. The van der Waals surface area contributed by atoms with Crippen LogP contribution in [-0.4, -0.2) is 5.91 Å². The Morgan fingerprint density at radius 3 is 2.43 bits per heavy atom. The number of benzene rings is 2. The van der Waals surface area contributed by atoms with Crippen molar-refractivity contribution in [1.82, 2.24) is 0 Å². The Kier molecular flexibility index (Phi) is 4.46. The van der Waals surface area contributed by atoms with Crippen LogP contribution in [0, 0.1) is 6.92 Å². The molecule has 0 radical (unpaired) electrons. The quantitative estimate of drug-likeness (QED) is 0.883. The Bertz CT molecular complexity index is 638. The largest absolute Gasteiger partial charge is 0.326 e. The molecule has 2 aromatic rings. The summed E-state index contributed by atoms with van der Waals surface area (Å²) in [6.07, 6.45) is 0.403. The average molecular weight is 281 g/mol. The summed E-state index contributed by atoms with van der Waals surface area (Å²) < 4.78 is 0. The first kappa shape index (κ1) is 15.3. The molecule has 21 heavy (non-hydrogen) atoms. The fourth-order valence-corrected chi connectivity index (χ4v) is 2.45. The third kappa shape index (κ3) is 4.19. The number of hydrogen-bond donors (Lipinski definition) is 1. The van der Waals surface area contributed by atoms with Gasteiger partial charge in [0.1, 0.15) is 0 Å². The molecule has 0 fully saturated rings. The van der Waals surface area contributed by atoms with Crippen LogP contribution in [0.2, 0.25) is 0 Å². The van der Waals surface area contributed by atoms with Crippen LogP contribution >= 0.6 is 0 Å². The SMILES string of the molecule is Cc1cccc(CC(=O)Nc2ccccc2C(C)(C)C)c1. The van der Waals surface area contributed by atoms with Gasteiger partial charge in [0.2, 0.25) is 5.91 Å². The molecule has 2 nitrogen and oxygen atoms in total. The summed E-state index contributed by atoms with van der Waals surface area (Å²) in [7, 11) is 0. The summed E-state index contributed by atoms with van der Waals surface area (Å²) in [5, 5.41) is 3.05.